The molecule has 0 spiro atoms. The van der Waals surface area contributed by atoms with Gasteiger partial charge < -0.3 is 15.5 Å². The van der Waals surface area contributed by atoms with Gasteiger partial charge in [-0.25, -0.2) is 0 Å². The molecule has 0 aliphatic carbocycles. The minimum absolute atomic E-state index is 0.240. The molecule has 0 aromatic heterocycles. The van der Waals surface area contributed by atoms with Crippen molar-refractivity contribution in [3.8, 4) is 0 Å². The molecule has 1 fully saturated rings. The molecule has 0 aromatic rings. The van der Waals surface area contributed by atoms with Crippen molar-refractivity contribution < 1.29 is 0 Å². The predicted molar refractivity (Wildman–Crippen MR) is 66.0 cm³/mol. The highest BCUT2D eigenvalue weighted by Gasteiger charge is 2.33. The molecule has 3 nitrogen and oxygen atoms in total. The summed E-state index contributed by atoms with van der Waals surface area (Å²) in [7, 11) is 4.33. The van der Waals surface area contributed by atoms with Gasteiger partial charge in [-0.3, -0.25) is 0 Å². The van der Waals surface area contributed by atoms with Crippen LogP contribution in [0.15, 0.2) is 0 Å². The van der Waals surface area contributed by atoms with E-state index in [0.717, 1.165) is 6.54 Å². The van der Waals surface area contributed by atoms with Crippen molar-refractivity contribution in [2.75, 3.05) is 33.7 Å². The van der Waals surface area contributed by atoms with E-state index in [9.17, 15) is 0 Å². The lowest BCUT2D eigenvalue weighted by Crippen LogP contribution is -2.50. The summed E-state index contributed by atoms with van der Waals surface area (Å²) in [5.74, 6) is 0. The number of hydrogen-bond acceptors (Lipinski definition) is 3. The molecule has 2 N–H and O–H groups in total. The monoisotopic (exact) mass is 213 g/mol. The van der Waals surface area contributed by atoms with Crippen LogP contribution in [0.2, 0.25) is 0 Å². The minimum Gasteiger partial charge on any atom is -0.329 e. The maximum absolute atomic E-state index is 5.97. The molecular formula is C12H27N3. The van der Waals surface area contributed by atoms with Gasteiger partial charge in [-0.15, -0.1) is 0 Å². The Bertz CT molecular complexity index is 191. The van der Waals surface area contributed by atoms with Gasteiger partial charge in [0.2, 0.25) is 0 Å². The molecule has 0 saturated carbocycles. The highest BCUT2D eigenvalue weighted by Crippen LogP contribution is 2.26. The van der Waals surface area contributed by atoms with Gasteiger partial charge in [0.05, 0.1) is 0 Å². The molecule has 1 aliphatic heterocycles. The largest absolute Gasteiger partial charge is 0.329 e. The fourth-order valence-corrected chi connectivity index (χ4v) is 2.55. The molecule has 0 amide bonds. The van der Waals surface area contributed by atoms with Crippen molar-refractivity contribution >= 4 is 0 Å². The van der Waals surface area contributed by atoms with Gasteiger partial charge in [0.1, 0.15) is 0 Å². The van der Waals surface area contributed by atoms with Gasteiger partial charge in [-0.05, 0) is 53.8 Å². The standard InChI is InChI=1S/C12H27N3/c1-11(2)15-8-5-6-12(10-13,7-9-15)14(3)4/h11H,5-10,13H2,1-4H3. The van der Waals surface area contributed by atoms with E-state index in [1.165, 1.54) is 32.4 Å². The lowest BCUT2D eigenvalue weighted by atomic mass is 9.89. The lowest BCUT2D eigenvalue weighted by Gasteiger charge is -2.38. The first kappa shape index (κ1) is 12.9. The SMILES string of the molecule is CC(C)N1CCCC(CN)(N(C)C)CC1. The fraction of sp³-hybridized carbons (Fsp3) is 1.00. The van der Waals surface area contributed by atoms with Crippen LogP contribution in [0.25, 0.3) is 0 Å². The average molecular weight is 213 g/mol. The van der Waals surface area contributed by atoms with Gasteiger partial charge in [0.15, 0.2) is 0 Å². The van der Waals surface area contributed by atoms with Gasteiger partial charge >= 0.3 is 0 Å². The Hall–Kier alpha value is -0.120. The molecule has 0 bridgehead atoms. The predicted octanol–water partition coefficient (Wildman–Crippen LogP) is 1.14. The van der Waals surface area contributed by atoms with E-state index in [0.29, 0.717) is 6.04 Å². The molecule has 1 aliphatic rings. The molecule has 1 saturated heterocycles. The first-order chi connectivity index (χ1) is 7.02. The number of likely N-dealkylation sites (tertiary alicyclic amines) is 1. The molecule has 1 heterocycles. The summed E-state index contributed by atoms with van der Waals surface area (Å²) in [6.45, 7) is 7.77. The van der Waals surface area contributed by atoms with E-state index in [1.807, 2.05) is 0 Å². The van der Waals surface area contributed by atoms with Gasteiger partial charge in [-0.2, -0.15) is 0 Å². The summed E-state index contributed by atoms with van der Waals surface area (Å²) >= 11 is 0. The molecule has 0 radical (unpaired) electrons. The van der Waals surface area contributed by atoms with E-state index < -0.39 is 0 Å². The molecule has 15 heavy (non-hydrogen) atoms. The van der Waals surface area contributed by atoms with Crippen molar-refractivity contribution in [3.05, 3.63) is 0 Å². The molecule has 1 rings (SSSR count). The van der Waals surface area contributed by atoms with E-state index in [1.54, 1.807) is 0 Å². The Labute approximate surface area is 94.6 Å². The average Bonchev–Trinajstić information content (AvgIpc) is 2.40. The van der Waals surface area contributed by atoms with Crippen LogP contribution in [0.3, 0.4) is 0 Å². The third-order valence-corrected chi connectivity index (χ3v) is 4.01. The second kappa shape index (κ2) is 5.28. The van der Waals surface area contributed by atoms with Crippen molar-refractivity contribution in [1.29, 1.82) is 0 Å². The number of hydrogen-bond donors (Lipinski definition) is 1. The zero-order valence-corrected chi connectivity index (χ0v) is 10.8. The Morgan fingerprint density at radius 2 is 1.93 bits per heavy atom. The van der Waals surface area contributed by atoms with Crippen molar-refractivity contribution in [1.82, 2.24) is 9.80 Å². The smallest absolute Gasteiger partial charge is 0.0338 e. The summed E-state index contributed by atoms with van der Waals surface area (Å²) < 4.78 is 0. The number of likely N-dealkylation sites (N-methyl/N-ethyl adjacent to an activating group) is 1. The maximum Gasteiger partial charge on any atom is 0.0338 e. The summed E-state index contributed by atoms with van der Waals surface area (Å²) in [5.41, 5.74) is 6.21. The van der Waals surface area contributed by atoms with Crippen LogP contribution in [-0.4, -0.2) is 55.1 Å². The first-order valence-electron chi connectivity index (χ1n) is 6.13. The molecular weight excluding hydrogens is 186 g/mol. The normalized spacial score (nSPS) is 29.8. The maximum atomic E-state index is 5.97. The van der Waals surface area contributed by atoms with Gasteiger partial charge in [-0.1, -0.05) is 0 Å². The molecule has 3 heteroatoms. The fourth-order valence-electron chi connectivity index (χ4n) is 2.55. The Morgan fingerprint density at radius 1 is 1.27 bits per heavy atom. The number of rotatable bonds is 3. The molecule has 0 aromatic carbocycles. The van der Waals surface area contributed by atoms with Crippen LogP contribution in [0, 0.1) is 0 Å². The van der Waals surface area contributed by atoms with E-state index >= 15 is 0 Å². The third-order valence-electron chi connectivity index (χ3n) is 4.01. The summed E-state index contributed by atoms with van der Waals surface area (Å²) in [5, 5.41) is 0. The highest BCUT2D eigenvalue weighted by atomic mass is 15.2. The summed E-state index contributed by atoms with van der Waals surface area (Å²) in [6, 6.07) is 0.667. The van der Waals surface area contributed by atoms with E-state index in [-0.39, 0.29) is 5.54 Å². The number of nitrogens with zero attached hydrogens (tertiary/aromatic N) is 2. The lowest BCUT2D eigenvalue weighted by molar-refractivity contribution is 0.133. The first-order valence-corrected chi connectivity index (χ1v) is 6.13. The summed E-state index contributed by atoms with van der Waals surface area (Å²) in [6.07, 6.45) is 3.71. The Balaban J connectivity index is 2.64. The zero-order chi connectivity index (χ0) is 11.5. The van der Waals surface area contributed by atoms with Crippen molar-refractivity contribution in [2.45, 2.75) is 44.7 Å². The van der Waals surface area contributed by atoms with Crippen LogP contribution in [0.1, 0.15) is 33.1 Å². The third kappa shape index (κ3) is 2.92. The van der Waals surface area contributed by atoms with Crippen LogP contribution in [0.5, 0.6) is 0 Å². The van der Waals surface area contributed by atoms with Crippen LogP contribution < -0.4 is 5.73 Å². The topological polar surface area (TPSA) is 32.5 Å². The Morgan fingerprint density at radius 3 is 2.40 bits per heavy atom. The van der Waals surface area contributed by atoms with Crippen LogP contribution >= 0.6 is 0 Å². The zero-order valence-electron chi connectivity index (χ0n) is 10.8. The minimum atomic E-state index is 0.240. The Kier molecular flexibility index (Phi) is 4.56. The highest BCUT2D eigenvalue weighted by molar-refractivity contribution is 4.92. The second-order valence-electron chi connectivity index (χ2n) is 5.31. The van der Waals surface area contributed by atoms with Crippen molar-refractivity contribution in [2.24, 2.45) is 5.73 Å². The van der Waals surface area contributed by atoms with Crippen LogP contribution in [-0.2, 0) is 0 Å². The van der Waals surface area contributed by atoms with Gasteiger partial charge in [0, 0.05) is 24.7 Å². The van der Waals surface area contributed by atoms with Crippen molar-refractivity contribution in [3.63, 3.8) is 0 Å². The number of nitrogens with two attached hydrogens (primary N) is 1. The molecule has 1 atom stereocenters. The van der Waals surface area contributed by atoms with E-state index in [2.05, 4.69) is 37.7 Å². The van der Waals surface area contributed by atoms with E-state index in [4.69, 9.17) is 5.73 Å². The molecule has 90 valence electrons. The second-order valence-corrected chi connectivity index (χ2v) is 5.31. The quantitative estimate of drug-likeness (QED) is 0.763. The van der Waals surface area contributed by atoms with Gasteiger partial charge in [0.25, 0.3) is 0 Å². The summed E-state index contributed by atoms with van der Waals surface area (Å²) in [4.78, 5) is 4.90. The molecule has 1 unspecified atom stereocenters. The van der Waals surface area contributed by atoms with Crippen LogP contribution in [0.4, 0.5) is 0 Å².